The predicted octanol–water partition coefficient (Wildman–Crippen LogP) is 5.50. The lowest BCUT2D eigenvalue weighted by Gasteiger charge is -2.07. The summed E-state index contributed by atoms with van der Waals surface area (Å²) >= 11 is 0. The molecular formula is C19H30O3. The number of ether oxygens (including phenoxy) is 1. The van der Waals surface area contributed by atoms with Gasteiger partial charge in [0.25, 0.3) is 0 Å². The van der Waals surface area contributed by atoms with E-state index in [-0.39, 0.29) is 5.75 Å². The fourth-order valence-corrected chi connectivity index (χ4v) is 2.49. The molecule has 0 spiro atoms. The quantitative estimate of drug-likeness (QED) is 0.386. The molecule has 3 heteroatoms. The zero-order valence-corrected chi connectivity index (χ0v) is 13.9. The lowest BCUT2D eigenvalue weighted by molar-refractivity contribution is 0.112. The molecule has 0 atom stereocenters. The van der Waals surface area contributed by atoms with Crippen molar-refractivity contribution >= 4 is 6.29 Å². The molecular weight excluding hydrogens is 276 g/mol. The van der Waals surface area contributed by atoms with Crippen LogP contribution in [0.25, 0.3) is 0 Å². The first-order valence-electron chi connectivity index (χ1n) is 8.69. The molecule has 124 valence electrons. The SMILES string of the molecule is CCCCCCCCCCCCOc1ccc(C=O)c(O)c1. The van der Waals surface area contributed by atoms with E-state index in [0.29, 0.717) is 24.2 Å². The van der Waals surface area contributed by atoms with E-state index in [4.69, 9.17) is 4.74 Å². The summed E-state index contributed by atoms with van der Waals surface area (Å²) in [5.74, 6) is 0.606. The highest BCUT2D eigenvalue weighted by Gasteiger charge is 2.02. The number of aromatic hydroxyl groups is 1. The number of carbonyl (C=O) groups excluding carboxylic acids is 1. The normalized spacial score (nSPS) is 10.6. The predicted molar refractivity (Wildman–Crippen MR) is 90.8 cm³/mol. The minimum atomic E-state index is -0.0180. The van der Waals surface area contributed by atoms with Crippen LogP contribution in [0.4, 0.5) is 0 Å². The van der Waals surface area contributed by atoms with Gasteiger partial charge in [-0.3, -0.25) is 4.79 Å². The van der Waals surface area contributed by atoms with E-state index in [1.165, 1.54) is 63.9 Å². The van der Waals surface area contributed by atoms with Crippen LogP contribution in [0, 0.1) is 0 Å². The molecule has 0 aliphatic rings. The van der Waals surface area contributed by atoms with E-state index < -0.39 is 0 Å². The highest BCUT2D eigenvalue weighted by atomic mass is 16.5. The van der Waals surface area contributed by atoms with Crippen molar-refractivity contribution in [3.63, 3.8) is 0 Å². The van der Waals surface area contributed by atoms with E-state index >= 15 is 0 Å². The van der Waals surface area contributed by atoms with Gasteiger partial charge in [0, 0.05) is 6.07 Å². The lowest BCUT2D eigenvalue weighted by Crippen LogP contribution is -1.97. The standard InChI is InChI=1S/C19H30O3/c1-2-3-4-5-6-7-8-9-10-11-14-22-18-13-12-17(16-20)19(21)15-18/h12-13,15-16,21H,2-11,14H2,1H3. The molecule has 22 heavy (non-hydrogen) atoms. The maximum absolute atomic E-state index is 10.6. The fraction of sp³-hybridized carbons (Fsp3) is 0.632. The summed E-state index contributed by atoms with van der Waals surface area (Å²) in [5.41, 5.74) is 0.297. The summed E-state index contributed by atoms with van der Waals surface area (Å²) in [5, 5.41) is 9.56. The van der Waals surface area contributed by atoms with Crippen LogP contribution in [-0.4, -0.2) is 18.0 Å². The first-order chi connectivity index (χ1) is 10.8. The molecule has 1 rings (SSSR count). The minimum Gasteiger partial charge on any atom is -0.507 e. The maximum Gasteiger partial charge on any atom is 0.153 e. The summed E-state index contributed by atoms with van der Waals surface area (Å²) in [6.07, 6.45) is 13.6. The number of aldehydes is 1. The molecule has 3 nitrogen and oxygen atoms in total. The third kappa shape index (κ3) is 8.06. The Morgan fingerprint density at radius 3 is 2.09 bits per heavy atom. The Hall–Kier alpha value is -1.51. The topological polar surface area (TPSA) is 46.5 Å². The van der Waals surface area contributed by atoms with Crippen LogP contribution in [0.3, 0.4) is 0 Å². The third-order valence-corrected chi connectivity index (χ3v) is 3.90. The van der Waals surface area contributed by atoms with Crippen molar-refractivity contribution in [3.05, 3.63) is 23.8 Å². The van der Waals surface area contributed by atoms with E-state index in [1.54, 1.807) is 12.1 Å². The highest BCUT2D eigenvalue weighted by molar-refractivity contribution is 5.79. The number of hydrogen-bond donors (Lipinski definition) is 1. The molecule has 0 fully saturated rings. The van der Waals surface area contributed by atoms with Gasteiger partial charge in [0.15, 0.2) is 6.29 Å². The van der Waals surface area contributed by atoms with Crippen molar-refractivity contribution < 1.29 is 14.6 Å². The Balaban J connectivity index is 1.97. The average Bonchev–Trinajstić information content (AvgIpc) is 2.53. The van der Waals surface area contributed by atoms with Crippen LogP contribution < -0.4 is 4.74 Å². The van der Waals surface area contributed by atoms with Crippen LogP contribution >= 0.6 is 0 Å². The van der Waals surface area contributed by atoms with Crippen molar-refractivity contribution in [1.82, 2.24) is 0 Å². The molecule has 0 saturated heterocycles. The summed E-state index contributed by atoms with van der Waals surface area (Å²) < 4.78 is 5.58. The second-order valence-corrected chi connectivity index (χ2v) is 5.87. The minimum absolute atomic E-state index is 0.0180. The van der Waals surface area contributed by atoms with Crippen molar-refractivity contribution in [2.45, 2.75) is 71.1 Å². The second kappa shape index (κ2) is 12.1. The number of hydrogen-bond acceptors (Lipinski definition) is 3. The van der Waals surface area contributed by atoms with Gasteiger partial charge < -0.3 is 9.84 Å². The molecule has 0 radical (unpaired) electrons. The van der Waals surface area contributed by atoms with Gasteiger partial charge in [0.1, 0.15) is 11.5 Å². The number of benzene rings is 1. The van der Waals surface area contributed by atoms with Crippen LogP contribution in [0.15, 0.2) is 18.2 Å². The zero-order chi connectivity index (χ0) is 16.0. The van der Waals surface area contributed by atoms with Gasteiger partial charge in [0.2, 0.25) is 0 Å². The molecule has 0 aromatic heterocycles. The fourth-order valence-electron chi connectivity index (χ4n) is 2.49. The molecule has 0 aliphatic carbocycles. The lowest BCUT2D eigenvalue weighted by atomic mass is 10.1. The highest BCUT2D eigenvalue weighted by Crippen LogP contribution is 2.22. The van der Waals surface area contributed by atoms with Crippen molar-refractivity contribution in [2.75, 3.05) is 6.61 Å². The van der Waals surface area contributed by atoms with Gasteiger partial charge in [0.05, 0.1) is 12.2 Å². The number of phenols is 1. The van der Waals surface area contributed by atoms with Crippen LogP contribution in [0.5, 0.6) is 11.5 Å². The zero-order valence-electron chi connectivity index (χ0n) is 13.9. The molecule has 1 aromatic carbocycles. The monoisotopic (exact) mass is 306 g/mol. The van der Waals surface area contributed by atoms with E-state index in [0.717, 1.165) is 6.42 Å². The molecule has 0 bridgehead atoms. The van der Waals surface area contributed by atoms with Crippen LogP contribution in [0.2, 0.25) is 0 Å². The summed E-state index contributed by atoms with van der Waals surface area (Å²) in [6, 6.07) is 4.80. The van der Waals surface area contributed by atoms with E-state index in [2.05, 4.69) is 6.92 Å². The maximum atomic E-state index is 10.6. The van der Waals surface area contributed by atoms with Gasteiger partial charge in [-0.1, -0.05) is 64.7 Å². The Kier molecular flexibility index (Phi) is 10.2. The largest absolute Gasteiger partial charge is 0.507 e. The number of rotatable bonds is 13. The van der Waals surface area contributed by atoms with Crippen molar-refractivity contribution in [3.8, 4) is 11.5 Å². The second-order valence-electron chi connectivity index (χ2n) is 5.87. The third-order valence-electron chi connectivity index (χ3n) is 3.90. The van der Waals surface area contributed by atoms with Crippen molar-refractivity contribution in [1.29, 1.82) is 0 Å². The van der Waals surface area contributed by atoms with Crippen LogP contribution in [-0.2, 0) is 0 Å². The van der Waals surface area contributed by atoms with Gasteiger partial charge in [-0.15, -0.1) is 0 Å². The molecule has 0 unspecified atom stereocenters. The summed E-state index contributed by atoms with van der Waals surface area (Å²) in [4.78, 5) is 10.6. The molecule has 0 amide bonds. The summed E-state index contributed by atoms with van der Waals surface area (Å²) in [7, 11) is 0. The Bertz CT molecular complexity index is 415. The van der Waals surface area contributed by atoms with E-state index in [1.807, 2.05) is 0 Å². The number of phenolic OH excluding ortho intramolecular Hbond substituents is 1. The molecule has 1 N–H and O–H groups in total. The average molecular weight is 306 g/mol. The van der Waals surface area contributed by atoms with Gasteiger partial charge in [-0.05, 0) is 18.6 Å². The van der Waals surface area contributed by atoms with Crippen LogP contribution in [0.1, 0.15) is 81.5 Å². The number of unbranched alkanes of at least 4 members (excludes halogenated alkanes) is 9. The van der Waals surface area contributed by atoms with E-state index in [9.17, 15) is 9.90 Å². The molecule has 0 saturated carbocycles. The molecule has 0 aliphatic heterocycles. The van der Waals surface area contributed by atoms with Gasteiger partial charge >= 0.3 is 0 Å². The van der Waals surface area contributed by atoms with Gasteiger partial charge in [-0.2, -0.15) is 0 Å². The smallest absolute Gasteiger partial charge is 0.153 e. The summed E-state index contributed by atoms with van der Waals surface area (Å²) in [6.45, 7) is 2.91. The Morgan fingerprint density at radius 2 is 1.55 bits per heavy atom. The molecule has 1 aromatic rings. The van der Waals surface area contributed by atoms with Crippen molar-refractivity contribution in [2.24, 2.45) is 0 Å². The Labute approximate surface area is 134 Å². The first kappa shape index (κ1) is 18.5. The Morgan fingerprint density at radius 1 is 0.955 bits per heavy atom. The number of carbonyl (C=O) groups is 1. The first-order valence-corrected chi connectivity index (χ1v) is 8.69. The molecule has 0 heterocycles. The van der Waals surface area contributed by atoms with Gasteiger partial charge in [-0.25, -0.2) is 0 Å².